The highest BCUT2D eigenvalue weighted by atomic mass is 35.5. The van der Waals surface area contributed by atoms with Crippen molar-refractivity contribution in [3.8, 4) is 11.5 Å². The fourth-order valence-corrected chi connectivity index (χ4v) is 5.64. The molecule has 3 heterocycles. The number of ether oxygens (including phenoxy) is 3. The van der Waals surface area contributed by atoms with Crippen LogP contribution >= 0.6 is 34.5 Å². The lowest BCUT2D eigenvalue weighted by Gasteiger charge is -2.29. The quantitative estimate of drug-likeness (QED) is 0.339. The van der Waals surface area contributed by atoms with E-state index in [1.165, 1.54) is 11.0 Å². The molecule has 0 N–H and O–H groups in total. The second kappa shape index (κ2) is 11.7. The van der Waals surface area contributed by atoms with Crippen molar-refractivity contribution in [1.82, 2.24) is 9.80 Å². The summed E-state index contributed by atoms with van der Waals surface area (Å²) in [5.41, 5.74) is 1.21. The van der Waals surface area contributed by atoms with Gasteiger partial charge in [0.05, 0.1) is 23.2 Å². The molecule has 1 saturated heterocycles. The van der Waals surface area contributed by atoms with Crippen molar-refractivity contribution >= 4 is 46.4 Å². The number of thiophene rings is 1. The molecule has 37 heavy (non-hydrogen) atoms. The number of hydrogen-bond acceptors (Lipinski definition) is 6. The first-order chi connectivity index (χ1) is 18.0. The first-order valence-corrected chi connectivity index (χ1v) is 13.6. The minimum absolute atomic E-state index is 0.104. The molecule has 10 heteroatoms. The Kier molecular flexibility index (Phi) is 8.20. The summed E-state index contributed by atoms with van der Waals surface area (Å²) in [6, 6.07) is 14.4. The van der Waals surface area contributed by atoms with Crippen molar-refractivity contribution in [2.24, 2.45) is 0 Å². The van der Waals surface area contributed by atoms with Crippen molar-refractivity contribution in [2.75, 3.05) is 26.5 Å². The van der Waals surface area contributed by atoms with E-state index < -0.39 is 0 Å². The van der Waals surface area contributed by atoms with E-state index in [2.05, 4.69) is 0 Å². The lowest BCUT2D eigenvalue weighted by atomic mass is 10.1. The topological polar surface area (TPSA) is 68.3 Å². The molecule has 2 aliphatic heterocycles. The van der Waals surface area contributed by atoms with Crippen LogP contribution in [0.2, 0.25) is 10.0 Å². The van der Waals surface area contributed by atoms with Crippen molar-refractivity contribution in [1.29, 1.82) is 0 Å². The summed E-state index contributed by atoms with van der Waals surface area (Å²) in [5, 5.41) is 2.67. The van der Waals surface area contributed by atoms with Gasteiger partial charge in [-0.1, -0.05) is 35.3 Å². The van der Waals surface area contributed by atoms with Gasteiger partial charge in [-0.15, -0.1) is 11.3 Å². The van der Waals surface area contributed by atoms with E-state index in [1.54, 1.807) is 28.4 Å². The summed E-state index contributed by atoms with van der Waals surface area (Å²) in [6.07, 6.45) is 1.64. The van der Waals surface area contributed by atoms with Gasteiger partial charge in [-0.25, -0.2) is 0 Å². The maximum atomic E-state index is 13.8. The number of halogens is 2. The van der Waals surface area contributed by atoms with E-state index >= 15 is 0 Å². The Hall–Kier alpha value is -2.78. The van der Waals surface area contributed by atoms with E-state index in [4.69, 9.17) is 37.4 Å². The number of carbonyl (C=O) groups excluding carboxylic acids is 2. The molecule has 0 radical (unpaired) electrons. The largest absolute Gasteiger partial charge is 0.454 e. The molecule has 7 nitrogen and oxygen atoms in total. The minimum Gasteiger partial charge on any atom is -0.454 e. The van der Waals surface area contributed by atoms with Gasteiger partial charge in [0, 0.05) is 29.6 Å². The molecule has 0 spiro atoms. The van der Waals surface area contributed by atoms with E-state index in [-0.39, 0.29) is 36.3 Å². The third-order valence-electron chi connectivity index (χ3n) is 6.31. The van der Waals surface area contributed by atoms with Crippen LogP contribution in [-0.2, 0) is 22.6 Å². The van der Waals surface area contributed by atoms with Crippen molar-refractivity contribution in [3.05, 3.63) is 80.0 Å². The van der Waals surface area contributed by atoms with E-state index in [9.17, 15) is 9.59 Å². The van der Waals surface area contributed by atoms with E-state index in [0.717, 1.165) is 23.3 Å². The number of benzene rings is 2. The van der Waals surface area contributed by atoms with Crippen LogP contribution in [-0.4, -0.2) is 54.2 Å². The Morgan fingerprint density at radius 2 is 1.86 bits per heavy atom. The first-order valence-electron chi connectivity index (χ1n) is 12.0. The molecular weight excluding hydrogens is 535 g/mol. The highest BCUT2D eigenvalue weighted by molar-refractivity contribution is 7.09. The Morgan fingerprint density at radius 3 is 2.62 bits per heavy atom. The molecule has 0 bridgehead atoms. The van der Waals surface area contributed by atoms with E-state index in [1.807, 2.05) is 35.7 Å². The maximum absolute atomic E-state index is 13.8. The Labute approximate surface area is 229 Å². The van der Waals surface area contributed by atoms with Crippen LogP contribution < -0.4 is 9.47 Å². The van der Waals surface area contributed by atoms with Gasteiger partial charge in [-0.2, -0.15) is 0 Å². The highest BCUT2D eigenvalue weighted by Crippen LogP contribution is 2.33. The van der Waals surface area contributed by atoms with Gasteiger partial charge in [-0.05, 0) is 60.2 Å². The zero-order valence-corrected chi connectivity index (χ0v) is 22.4. The van der Waals surface area contributed by atoms with Gasteiger partial charge in [0.15, 0.2) is 11.5 Å². The van der Waals surface area contributed by atoms with Crippen molar-refractivity contribution in [3.63, 3.8) is 0 Å². The van der Waals surface area contributed by atoms with Gasteiger partial charge in [0.2, 0.25) is 12.7 Å². The summed E-state index contributed by atoms with van der Waals surface area (Å²) in [5.74, 6) is 0.842. The number of carbonyl (C=O) groups is 2. The van der Waals surface area contributed by atoms with Gasteiger partial charge < -0.3 is 24.0 Å². The first kappa shape index (κ1) is 25.9. The molecule has 194 valence electrons. The fourth-order valence-electron chi connectivity index (χ4n) is 4.43. The lowest BCUT2D eigenvalue weighted by Crippen LogP contribution is -2.45. The molecule has 2 amide bonds. The Bertz CT molecular complexity index is 1260. The van der Waals surface area contributed by atoms with Crippen LogP contribution in [0.15, 0.2) is 53.9 Å². The molecule has 1 atom stereocenters. The zero-order valence-electron chi connectivity index (χ0n) is 20.0. The normalized spacial score (nSPS) is 16.1. The molecule has 1 unspecified atom stereocenters. The average molecular weight is 561 g/mol. The molecule has 2 aliphatic rings. The molecule has 1 aromatic heterocycles. The Morgan fingerprint density at radius 1 is 1.00 bits per heavy atom. The average Bonchev–Trinajstić information content (AvgIpc) is 3.66. The van der Waals surface area contributed by atoms with Gasteiger partial charge in [0.25, 0.3) is 5.91 Å². The molecule has 0 saturated carbocycles. The molecule has 0 aliphatic carbocycles. The highest BCUT2D eigenvalue weighted by Gasteiger charge is 2.28. The van der Waals surface area contributed by atoms with Crippen LogP contribution in [0, 0.1) is 0 Å². The molecule has 5 rings (SSSR count). The number of nitrogens with zero attached hydrogens (tertiary/aromatic N) is 2. The van der Waals surface area contributed by atoms with Gasteiger partial charge >= 0.3 is 0 Å². The third-order valence-corrected chi connectivity index (χ3v) is 7.72. The third kappa shape index (κ3) is 6.38. The number of rotatable bonds is 9. The number of fused-ring (bicyclic) bond motifs is 1. The SMILES string of the molecule is O=C(CN(CC1CCCO1)C(=O)c1ccc(Cl)cc1Cl)N(Cc1ccc2c(c1)OCO2)Cc1cccs1. The minimum atomic E-state index is -0.329. The smallest absolute Gasteiger partial charge is 0.255 e. The lowest BCUT2D eigenvalue weighted by molar-refractivity contribution is -0.133. The summed E-state index contributed by atoms with van der Waals surface area (Å²) in [6.45, 7) is 1.82. The Balaban J connectivity index is 1.38. The predicted molar refractivity (Wildman–Crippen MR) is 142 cm³/mol. The van der Waals surface area contributed by atoms with Crippen LogP contribution in [0.4, 0.5) is 0 Å². The van der Waals surface area contributed by atoms with E-state index in [0.29, 0.717) is 48.3 Å². The predicted octanol–water partition coefficient (Wildman–Crippen LogP) is 5.63. The summed E-state index contributed by atoms with van der Waals surface area (Å²) >= 11 is 14.0. The maximum Gasteiger partial charge on any atom is 0.255 e. The second-order valence-electron chi connectivity index (χ2n) is 8.96. The molecular formula is C27H26Cl2N2O5S. The van der Waals surface area contributed by atoms with Gasteiger partial charge in [0.1, 0.15) is 6.54 Å². The van der Waals surface area contributed by atoms with Gasteiger partial charge in [-0.3, -0.25) is 9.59 Å². The van der Waals surface area contributed by atoms with Crippen LogP contribution in [0.1, 0.15) is 33.6 Å². The number of hydrogen-bond donors (Lipinski definition) is 0. The molecule has 3 aromatic rings. The standard InChI is InChI=1S/C27H26Cl2N2O5S/c28-19-6-7-22(23(29)12-19)27(33)31(14-20-3-1-9-34-20)16-26(32)30(15-21-4-2-10-37-21)13-18-5-8-24-25(11-18)36-17-35-24/h2,4-8,10-12,20H,1,3,9,13-17H2. The summed E-state index contributed by atoms with van der Waals surface area (Å²) in [4.78, 5) is 31.7. The van der Waals surface area contributed by atoms with Crippen LogP contribution in [0.3, 0.4) is 0 Å². The summed E-state index contributed by atoms with van der Waals surface area (Å²) < 4.78 is 16.7. The number of amides is 2. The van der Waals surface area contributed by atoms with Crippen LogP contribution in [0.5, 0.6) is 11.5 Å². The molecule has 2 aromatic carbocycles. The zero-order chi connectivity index (χ0) is 25.8. The monoisotopic (exact) mass is 560 g/mol. The van der Waals surface area contributed by atoms with Crippen LogP contribution in [0.25, 0.3) is 0 Å². The summed E-state index contributed by atoms with van der Waals surface area (Å²) in [7, 11) is 0. The van der Waals surface area contributed by atoms with Crippen molar-refractivity contribution < 1.29 is 23.8 Å². The fraction of sp³-hybridized carbons (Fsp3) is 0.333. The second-order valence-corrected chi connectivity index (χ2v) is 10.8. The van der Waals surface area contributed by atoms with Crippen molar-refractivity contribution in [2.45, 2.75) is 32.0 Å². The molecule has 1 fully saturated rings.